The smallest absolute Gasteiger partial charge is 0.203 e. The van der Waals surface area contributed by atoms with Crippen molar-refractivity contribution in [3.8, 4) is 23.0 Å². The van der Waals surface area contributed by atoms with Crippen LogP contribution in [0.4, 0.5) is 0 Å². The van der Waals surface area contributed by atoms with Crippen molar-refractivity contribution in [1.29, 1.82) is 0 Å². The summed E-state index contributed by atoms with van der Waals surface area (Å²) in [6, 6.07) is 13.4. The summed E-state index contributed by atoms with van der Waals surface area (Å²) in [5.74, 6) is 2.20. The SMILES string of the molecule is COc1ccc(-n2c(Sc3nc(C)ns3)nnc2-c2ccccn2)cc1. The summed E-state index contributed by atoms with van der Waals surface area (Å²) in [7, 11) is 1.65. The Balaban J connectivity index is 1.82. The van der Waals surface area contributed by atoms with Crippen molar-refractivity contribution in [2.45, 2.75) is 16.4 Å². The lowest BCUT2D eigenvalue weighted by Gasteiger charge is -2.10. The summed E-state index contributed by atoms with van der Waals surface area (Å²) in [6.07, 6.45) is 1.74. The average molecular weight is 382 g/mol. The number of pyridine rings is 1. The number of nitrogens with zero attached hydrogens (tertiary/aromatic N) is 6. The number of rotatable bonds is 5. The van der Waals surface area contributed by atoms with Gasteiger partial charge in [-0.15, -0.1) is 10.2 Å². The third kappa shape index (κ3) is 3.31. The predicted octanol–water partition coefficient (Wildman–Crippen LogP) is 3.65. The van der Waals surface area contributed by atoms with Crippen LogP contribution in [0.15, 0.2) is 58.2 Å². The molecule has 4 rings (SSSR count). The van der Waals surface area contributed by atoms with Crippen LogP contribution in [-0.4, -0.2) is 36.2 Å². The Kier molecular flexibility index (Phi) is 4.63. The Morgan fingerprint density at radius 3 is 2.58 bits per heavy atom. The minimum atomic E-state index is 0.666. The standard InChI is InChI=1S/C17H14N6OS2/c1-11-19-17(26-22-11)25-16-21-20-15(14-5-3-4-10-18-14)23(16)12-6-8-13(24-2)9-7-12/h3-10H,1-2H3. The maximum atomic E-state index is 5.26. The molecule has 0 saturated heterocycles. The van der Waals surface area contributed by atoms with Gasteiger partial charge in [0.25, 0.3) is 0 Å². The Hall–Kier alpha value is -2.78. The first-order chi connectivity index (χ1) is 12.7. The Morgan fingerprint density at radius 2 is 1.92 bits per heavy atom. The molecule has 0 saturated carbocycles. The summed E-state index contributed by atoms with van der Waals surface area (Å²) in [6.45, 7) is 1.87. The highest BCUT2D eigenvalue weighted by molar-refractivity contribution is 8.00. The zero-order valence-corrected chi connectivity index (χ0v) is 15.7. The van der Waals surface area contributed by atoms with Crippen molar-refractivity contribution in [3.05, 3.63) is 54.5 Å². The zero-order valence-electron chi connectivity index (χ0n) is 14.0. The Morgan fingerprint density at radius 1 is 1.08 bits per heavy atom. The largest absolute Gasteiger partial charge is 0.497 e. The van der Waals surface area contributed by atoms with Crippen LogP contribution in [0.25, 0.3) is 17.2 Å². The molecule has 3 aromatic heterocycles. The van der Waals surface area contributed by atoms with Gasteiger partial charge in [-0.1, -0.05) is 6.07 Å². The molecule has 0 fully saturated rings. The second kappa shape index (κ2) is 7.22. The lowest BCUT2D eigenvalue weighted by Crippen LogP contribution is -2.00. The van der Waals surface area contributed by atoms with Gasteiger partial charge in [0.1, 0.15) is 17.3 Å². The summed E-state index contributed by atoms with van der Waals surface area (Å²) in [5, 5.41) is 9.42. The topological polar surface area (TPSA) is 78.6 Å². The van der Waals surface area contributed by atoms with Crippen LogP contribution in [0.3, 0.4) is 0 Å². The molecule has 0 spiro atoms. The van der Waals surface area contributed by atoms with E-state index >= 15 is 0 Å². The van der Waals surface area contributed by atoms with Crippen molar-refractivity contribution < 1.29 is 4.74 Å². The van der Waals surface area contributed by atoms with Crippen LogP contribution in [0.2, 0.25) is 0 Å². The van der Waals surface area contributed by atoms with Gasteiger partial charge in [0, 0.05) is 6.20 Å². The fourth-order valence-corrected chi connectivity index (χ4v) is 3.97. The second-order valence-electron chi connectivity index (χ2n) is 5.26. The molecule has 0 amide bonds. The summed E-state index contributed by atoms with van der Waals surface area (Å²) in [4.78, 5) is 8.81. The number of ether oxygens (including phenoxy) is 1. The van der Waals surface area contributed by atoms with E-state index < -0.39 is 0 Å². The first-order valence-corrected chi connectivity index (χ1v) is 9.33. The molecule has 130 valence electrons. The maximum Gasteiger partial charge on any atom is 0.203 e. The molecule has 0 radical (unpaired) electrons. The van der Waals surface area contributed by atoms with E-state index in [4.69, 9.17) is 4.74 Å². The maximum absolute atomic E-state index is 5.26. The first-order valence-electron chi connectivity index (χ1n) is 7.74. The van der Waals surface area contributed by atoms with E-state index in [2.05, 4.69) is 24.5 Å². The number of methoxy groups -OCH3 is 1. The van der Waals surface area contributed by atoms with E-state index in [0.29, 0.717) is 11.0 Å². The predicted molar refractivity (Wildman–Crippen MR) is 99.9 cm³/mol. The van der Waals surface area contributed by atoms with E-state index in [9.17, 15) is 0 Å². The normalized spacial score (nSPS) is 10.8. The second-order valence-corrected chi connectivity index (χ2v) is 7.23. The monoisotopic (exact) mass is 382 g/mol. The van der Waals surface area contributed by atoms with Crippen molar-refractivity contribution in [2.75, 3.05) is 7.11 Å². The van der Waals surface area contributed by atoms with Gasteiger partial charge in [-0.05, 0) is 66.6 Å². The zero-order chi connectivity index (χ0) is 17.9. The van der Waals surface area contributed by atoms with Crippen LogP contribution < -0.4 is 4.74 Å². The fourth-order valence-electron chi connectivity index (χ4n) is 2.36. The van der Waals surface area contributed by atoms with Crippen LogP contribution in [0.1, 0.15) is 5.82 Å². The summed E-state index contributed by atoms with van der Waals surface area (Å²) < 4.78 is 12.3. The average Bonchev–Trinajstić information content (AvgIpc) is 3.29. The minimum absolute atomic E-state index is 0.666. The lowest BCUT2D eigenvalue weighted by molar-refractivity contribution is 0.414. The molecule has 7 nitrogen and oxygen atoms in total. The third-order valence-electron chi connectivity index (χ3n) is 3.55. The molecule has 0 unspecified atom stereocenters. The molecule has 0 bridgehead atoms. The summed E-state index contributed by atoms with van der Waals surface area (Å²) >= 11 is 2.78. The summed E-state index contributed by atoms with van der Waals surface area (Å²) in [5.41, 5.74) is 1.66. The van der Waals surface area contributed by atoms with Crippen molar-refractivity contribution >= 4 is 23.3 Å². The molecule has 9 heteroatoms. The van der Waals surface area contributed by atoms with Gasteiger partial charge in [0.2, 0.25) is 5.16 Å². The lowest BCUT2D eigenvalue weighted by atomic mass is 10.3. The quantitative estimate of drug-likeness (QED) is 0.521. The van der Waals surface area contributed by atoms with Crippen molar-refractivity contribution in [3.63, 3.8) is 0 Å². The van der Waals surface area contributed by atoms with Gasteiger partial charge in [0.05, 0.1) is 12.8 Å². The van der Waals surface area contributed by atoms with Gasteiger partial charge in [0.15, 0.2) is 10.2 Å². The van der Waals surface area contributed by atoms with Crippen LogP contribution in [0.5, 0.6) is 5.75 Å². The van der Waals surface area contributed by atoms with Gasteiger partial charge >= 0.3 is 0 Å². The Labute approximate surface area is 158 Å². The molecular weight excluding hydrogens is 368 g/mol. The number of aryl methyl sites for hydroxylation is 1. The van der Waals surface area contributed by atoms with Gasteiger partial charge in [-0.3, -0.25) is 9.55 Å². The van der Waals surface area contributed by atoms with E-state index in [1.807, 2.05) is 54.0 Å². The molecule has 26 heavy (non-hydrogen) atoms. The highest BCUT2D eigenvalue weighted by Gasteiger charge is 2.19. The highest BCUT2D eigenvalue weighted by Crippen LogP contribution is 2.32. The molecule has 0 aliphatic heterocycles. The van der Waals surface area contributed by atoms with E-state index in [-0.39, 0.29) is 0 Å². The number of hydrogen-bond donors (Lipinski definition) is 0. The molecular formula is C17H14N6OS2. The van der Waals surface area contributed by atoms with E-state index in [1.54, 1.807) is 13.3 Å². The van der Waals surface area contributed by atoms with Crippen molar-refractivity contribution in [2.24, 2.45) is 0 Å². The first kappa shape index (κ1) is 16.7. The van der Waals surface area contributed by atoms with Crippen LogP contribution in [0, 0.1) is 6.92 Å². The highest BCUT2D eigenvalue weighted by atomic mass is 32.2. The molecule has 0 atom stereocenters. The molecule has 0 N–H and O–H groups in total. The molecule has 3 heterocycles. The molecule has 0 aliphatic carbocycles. The molecule has 1 aromatic carbocycles. The molecule has 4 aromatic rings. The van der Waals surface area contributed by atoms with Crippen LogP contribution >= 0.6 is 23.3 Å². The number of aromatic nitrogens is 6. The van der Waals surface area contributed by atoms with Gasteiger partial charge in [-0.25, -0.2) is 4.98 Å². The Bertz CT molecular complexity index is 1010. The number of benzene rings is 1. The third-order valence-corrected chi connectivity index (χ3v) is 5.33. The minimum Gasteiger partial charge on any atom is -0.497 e. The number of hydrogen-bond acceptors (Lipinski definition) is 8. The van der Waals surface area contributed by atoms with Crippen molar-refractivity contribution in [1.82, 2.24) is 29.1 Å². The van der Waals surface area contributed by atoms with Gasteiger partial charge < -0.3 is 4.74 Å². The van der Waals surface area contributed by atoms with Gasteiger partial charge in [-0.2, -0.15) is 4.37 Å². The van der Waals surface area contributed by atoms with E-state index in [0.717, 1.165) is 27.3 Å². The van der Waals surface area contributed by atoms with E-state index in [1.165, 1.54) is 23.3 Å². The molecule has 0 aliphatic rings. The van der Waals surface area contributed by atoms with Crippen LogP contribution in [-0.2, 0) is 0 Å². The fraction of sp³-hybridized carbons (Fsp3) is 0.118.